The Morgan fingerprint density at radius 2 is 2.07 bits per heavy atom. The van der Waals surface area contributed by atoms with Crippen LogP contribution in [0.1, 0.15) is 38.4 Å². The van der Waals surface area contributed by atoms with Crippen LogP contribution < -0.4 is 5.32 Å². The smallest absolute Gasteiger partial charge is 0.127 e. The number of hydrogen-bond acceptors (Lipinski definition) is 2. The van der Waals surface area contributed by atoms with Crippen molar-refractivity contribution in [3.63, 3.8) is 0 Å². The van der Waals surface area contributed by atoms with Crippen molar-refractivity contribution in [2.45, 2.75) is 46.6 Å². The first-order valence-electron chi connectivity index (χ1n) is 5.68. The molecule has 0 saturated heterocycles. The van der Waals surface area contributed by atoms with Gasteiger partial charge in [0.15, 0.2) is 0 Å². The molecule has 2 heterocycles. The monoisotopic (exact) mass is 207 g/mol. The van der Waals surface area contributed by atoms with Gasteiger partial charge in [0.25, 0.3) is 0 Å². The normalized spacial score (nSPS) is 21.0. The molecule has 3 nitrogen and oxygen atoms in total. The molecule has 1 aromatic heterocycles. The van der Waals surface area contributed by atoms with Crippen LogP contribution in [0.5, 0.6) is 0 Å². The van der Waals surface area contributed by atoms with Gasteiger partial charge in [-0.2, -0.15) is 5.10 Å². The van der Waals surface area contributed by atoms with E-state index >= 15 is 0 Å². The highest BCUT2D eigenvalue weighted by atomic mass is 15.3. The van der Waals surface area contributed by atoms with Crippen LogP contribution in [0.25, 0.3) is 0 Å². The molecule has 0 amide bonds. The van der Waals surface area contributed by atoms with Crippen molar-refractivity contribution in [1.82, 2.24) is 9.78 Å². The van der Waals surface area contributed by atoms with Crippen LogP contribution in [-0.2, 0) is 13.5 Å². The lowest BCUT2D eigenvalue weighted by Crippen LogP contribution is -2.37. The van der Waals surface area contributed by atoms with E-state index in [4.69, 9.17) is 0 Å². The lowest BCUT2D eigenvalue weighted by molar-refractivity contribution is 0.319. The standard InChI is InChI=1S/C12H21N3/c1-8-9-6-7-10(12(2,3)4)13-11(9)15(5)14-8/h10,13H,6-7H2,1-5H3. The maximum Gasteiger partial charge on any atom is 0.127 e. The summed E-state index contributed by atoms with van der Waals surface area (Å²) in [5, 5.41) is 8.09. The van der Waals surface area contributed by atoms with E-state index in [0.717, 1.165) is 6.42 Å². The zero-order valence-electron chi connectivity index (χ0n) is 10.4. The van der Waals surface area contributed by atoms with Gasteiger partial charge in [0.1, 0.15) is 5.82 Å². The zero-order valence-corrected chi connectivity index (χ0v) is 10.4. The highest BCUT2D eigenvalue weighted by molar-refractivity contribution is 5.50. The van der Waals surface area contributed by atoms with Crippen LogP contribution in [0, 0.1) is 12.3 Å². The van der Waals surface area contributed by atoms with Gasteiger partial charge in [0, 0.05) is 18.7 Å². The van der Waals surface area contributed by atoms with E-state index in [-0.39, 0.29) is 0 Å². The molecule has 1 atom stereocenters. The van der Waals surface area contributed by atoms with E-state index in [1.54, 1.807) is 0 Å². The fraction of sp³-hybridized carbons (Fsp3) is 0.750. The molecule has 0 fully saturated rings. The van der Waals surface area contributed by atoms with Gasteiger partial charge in [-0.1, -0.05) is 20.8 Å². The topological polar surface area (TPSA) is 29.9 Å². The Bertz CT molecular complexity index is 371. The van der Waals surface area contributed by atoms with Crippen LogP contribution in [-0.4, -0.2) is 15.8 Å². The third-order valence-electron chi connectivity index (χ3n) is 3.39. The number of nitrogens with zero attached hydrogens (tertiary/aromatic N) is 2. The molecule has 1 unspecified atom stereocenters. The van der Waals surface area contributed by atoms with Gasteiger partial charge >= 0.3 is 0 Å². The summed E-state index contributed by atoms with van der Waals surface area (Å²) in [4.78, 5) is 0. The molecule has 15 heavy (non-hydrogen) atoms. The van der Waals surface area contributed by atoms with Crippen LogP contribution >= 0.6 is 0 Å². The second-order valence-corrected chi connectivity index (χ2v) is 5.64. The average Bonchev–Trinajstić information content (AvgIpc) is 2.41. The summed E-state index contributed by atoms with van der Waals surface area (Å²) < 4.78 is 1.97. The summed E-state index contributed by atoms with van der Waals surface area (Å²) in [6, 6.07) is 0.555. The summed E-state index contributed by atoms with van der Waals surface area (Å²) in [7, 11) is 2.02. The molecule has 1 aliphatic rings. The first-order chi connectivity index (χ1) is 6.89. The first-order valence-corrected chi connectivity index (χ1v) is 5.68. The largest absolute Gasteiger partial charge is 0.367 e. The van der Waals surface area contributed by atoms with E-state index in [1.807, 2.05) is 11.7 Å². The second-order valence-electron chi connectivity index (χ2n) is 5.64. The molecular weight excluding hydrogens is 186 g/mol. The van der Waals surface area contributed by atoms with Crippen molar-refractivity contribution in [2.75, 3.05) is 5.32 Å². The number of fused-ring (bicyclic) bond motifs is 1. The maximum atomic E-state index is 4.46. The summed E-state index contributed by atoms with van der Waals surface area (Å²) in [5.41, 5.74) is 2.89. The summed E-state index contributed by atoms with van der Waals surface area (Å²) in [5.74, 6) is 1.22. The molecule has 0 spiro atoms. The Balaban J connectivity index is 2.31. The molecule has 0 saturated carbocycles. The minimum Gasteiger partial charge on any atom is -0.367 e. The fourth-order valence-electron chi connectivity index (χ4n) is 2.36. The van der Waals surface area contributed by atoms with Crippen molar-refractivity contribution in [2.24, 2.45) is 12.5 Å². The second kappa shape index (κ2) is 3.26. The molecule has 3 heteroatoms. The molecule has 1 aliphatic heterocycles. The lowest BCUT2D eigenvalue weighted by Gasteiger charge is -2.35. The molecule has 0 aromatic carbocycles. The van der Waals surface area contributed by atoms with E-state index < -0.39 is 0 Å². The molecule has 1 aromatic rings. The van der Waals surface area contributed by atoms with Crippen molar-refractivity contribution in [1.29, 1.82) is 0 Å². The van der Waals surface area contributed by atoms with Crippen molar-refractivity contribution < 1.29 is 0 Å². The Morgan fingerprint density at radius 1 is 1.40 bits per heavy atom. The van der Waals surface area contributed by atoms with Gasteiger partial charge in [-0.25, -0.2) is 0 Å². The van der Waals surface area contributed by atoms with Crippen molar-refractivity contribution >= 4 is 5.82 Å². The Morgan fingerprint density at radius 3 is 2.67 bits per heavy atom. The van der Waals surface area contributed by atoms with E-state index in [9.17, 15) is 0 Å². The molecule has 0 bridgehead atoms. The summed E-state index contributed by atoms with van der Waals surface area (Å²) in [6.45, 7) is 8.97. The number of aromatic nitrogens is 2. The van der Waals surface area contributed by atoms with Crippen LogP contribution in [0.15, 0.2) is 0 Å². The predicted octanol–water partition coefficient (Wildman–Crippen LogP) is 2.50. The van der Waals surface area contributed by atoms with E-state index in [2.05, 4.69) is 38.1 Å². The van der Waals surface area contributed by atoms with E-state index in [1.165, 1.54) is 23.5 Å². The number of aryl methyl sites for hydroxylation is 2. The molecule has 1 N–H and O–H groups in total. The SMILES string of the molecule is Cc1nn(C)c2c1CCC(C(C)(C)C)N2. The van der Waals surface area contributed by atoms with Crippen LogP contribution in [0.4, 0.5) is 5.82 Å². The van der Waals surface area contributed by atoms with E-state index in [0.29, 0.717) is 11.5 Å². The zero-order chi connectivity index (χ0) is 11.2. The van der Waals surface area contributed by atoms with Crippen LogP contribution in [0.3, 0.4) is 0 Å². The highest BCUT2D eigenvalue weighted by Crippen LogP contribution is 2.33. The summed E-state index contributed by atoms with van der Waals surface area (Å²) in [6.07, 6.45) is 2.37. The van der Waals surface area contributed by atoms with Crippen LogP contribution in [0.2, 0.25) is 0 Å². The molecular formula is C12H21N3. The highest BCUT2D eigenvalue weighted by Gasteiger charge is 2.30. The summed E-state index contributed by atoms with van der Waals surface area (Å²) >= 11 is 0. The third kappa shape index (κ3) is 1.75. The number of rotatable bonds is 0. The first kappa shape index (κ1) is 10.5. The Labute approximate surface area is 91.9 Å². The van der Waals surface area contributed by atoms with Gasteiger partial charge < -0.3 is 5.32 Å². The fourth-order valence-corrected chi connectivity index (χ4v) is 2.36. The van der Waals surface area contributed by atoms with Gasteiger partial charge in [0.05, 0.1) is 5.69 Å². The van der Waals surface area contributed by atoms with Gasteiger partial charge in [0.2, 0.25) is 0 Å². The van der Waals surface area contributed by atoms with Crippen molar-refractivity contribution in [3.05, 3.63) is 11.3 Å². The number of hydrogen-bond donors (Lipinski definition) is 1. The van der Waals surface area contributed by atoms with Gasteiger partial charge in [-0.15, -0.1) is 0 Å². The Kier molecular flexibility index (Phi) is 2.28. The quantitative estimate of drug-likeness (QED) is 0.708. The predicted molar refractivity (Wildman–Crippen MR) is 63.1 cm³/mol. The Hall–Kier alpha value is -0.990. The third-order valence-corrected chi connectivity index (χ3v) is 3.39. The average molecular weight is 207 g/mol. The van der Waals surface area contributed by atoms with Gasteiger partial charge in [-0.3, -0.25) is 4.68 Å². The van der Waals surface area contributed by atoms with Crippen molar-refractivity contribution in [3.8, 4) is 0 Å². The molecule has 84 valence electrons. The lowest BCUT2D eigenvalue weighted by atomic mass is 9.81. The minimum atomic E-state index is 0.315. The molecule has 2 rings (SSSR count). The number of nitrogens with one attached hydrogen (secondary N) is 1. The minimum absolute atomic E-state index is 0.315. The molecule has 0 aliphatic carbocycles. The molecule has 0 radical (unpaired) electrons. The number of anilines is 1. The maximum absolute atomic E-state index is 4.46. The van der Waals surface area contributed by atoms with Gasteiger partial charge in [-0.05, 0) is 25.2 Å².